The normalized spacial score (nSPS) is 11.9. The number of rotatable bonds is 8. The van der Waals surface area contributed by atoms with Crippen molar-refractivity contribution in [3.8, 4) is 22.5 Å². The van der Waals surface area contributed by atoms with E-state index in [1.54, 1.807) is 0 Å². The van der Waals surface area contributed by atoms with Crippen molar-refractivity contribution in [3.63, 3.8) is 0 Å². The maximum atomic E-state index is 11.9. The Balaban J connectivity index is 1.58. The first-order chi connectivity index (χ1) is 13.2. The van der Waals surface area contributed by atoms with E-state index in [0.717, 1.165) is 24.0 Å². The van der Waals surface area contributed by atoms with Crippen LogP contribution in [0.5, 0.6) is 0 Å². The minimum absolute atomic E-state index is 0.0166. The number of carbonyl (C=O) groups is 1. The molecule has 1 aromatic heterocycles. The Bertz CT molecular complexity index is 857. The highest BCUT2D eigenvalue weighted by atomic mass is 16.5. The van der Waals surface area contributed by atoms with Crippen molar-refractivity contribution in [1.82, 2.24) is 15.5 Å². The van der Waals surface area contributed by atoms with Crippen molar-refractivity contribution < 1.29 is 9.32 Å². The number of aromatic nitrogens is 2. The van der Waals surface area contributed by atoms with Crippen LogP contribution in [0.1, 0.15) is 39.0 Å². The molecular formula is C22H25N3O2. The van der Waals surface area contributed by atoms with Crippen LogP contribution in [0.15, 0.2) is 59.1 Å². The summed E-state index contributed by atoms with van der Waals surface area (Å²) < 4.78 is 5.30. The Morgan fingerprint density at radius 2 is 1.70 bits per heavy atom. The predicted octanol–water partition coefficient (Wildman–Crippen LogP) is 4.64. The van der Waals surface area contributed by atoms with E-state index in [1.807, 2.05) is 49.4 Å². The first-order valence-electron chi connectivity index (χ1n) is 9.43. The lowest BCUT2D eigenvalue weighted by molar-refractivity contribution is -0.121. The highest BCUT2D eigenvalue weighted by molar-refractivity contribution is 5.76. The molecule has 0 aliphatic rings. The van der Waals surface area contributed by atoms with Crippen LogP contribution in [0.25, 0.3) is 22.5 Å². The second-order valence-corrected chi connectivity index (χ2v) is 6.71. The van der Waals surface area contributed by atoms with Crippen LogP contribution in [0.3, 0.4) is 0 Å². The van der Waals surface area contributed by atoms with Gasteiger partial charge in [0, 0.05) is 24.4 Å². The van der Waals surface area contributed by atoms with Crippen molar-refractivity contribution in [2.75, 3.05) is 0 Å². The average molecular weight is 363 g/mol. The summed E-state index contributed by atoms with van der Waals surface area (Å²) >= 11 is 0. The monoisotopic (exact) mass is 363 g/mol. The molecule has 0 spiro atoms. The number of amides is 1. The fraction of sp³-hybridized carbons (Fsp3) is 0.318. The Labute approximate surface area is 159 Å². The fourth-order valence-corrected chi connectivity index (χ4v) is 2.99. The number of benzene rings is 2. The van der Waals surface area contributed by atoms with Gasteiger partial charge in [-0.3, -0.25) is 4.79 Å². The summed E-state index contributed by atoms with van der Waals surface area (Å²) in [6, 6.07) is 18.5. The van der Waals surface area contributed by atoms with Gasteiger partial charge in [0.1, 0.15) is 0 Å². The lowest BCUT2D eigenvalue weighted by atomic mass is 10.0. The zero-order chi connectivity index (χ0) is 19.1. The van der Waals surface area contributed by atoms with E-state index < -0.39 is 0 Å². The fourth-order valence-electron chi connectivity index (χ4n) is 2.99. The number of hydrogen-bond acceptors (Lipinski definition) is 4. The topological polar surface area (TPSA) is 68.0 Å². The molecule has 0 radical (unpaired) electrons. The molecule has 3 aromatic rings. The summed E-state index contributed by atoms with van der Waals surface area (Å²) in [4.78, 5) is 16.4. The molecule has 1 N–H and O–H groups in total. The molecule has 2 aromatic carbocycles. The van der Waals surface area contributed by atoms with E-state index in [-0.39, 0.29) is 11.9 Å². The third kappa shape index (κ3) is 5.26. The van der Waals surface area contributed by atoms with Gasteiger partial charge >= 0.3 is 0 Å². The van der Waals surface area contributed by atoms with Crippen LogP contribution in [0, 0.1) is 0 Å². The zero-order valence-corrected chi connectivity index (χ0v) is 15.8. The molecule has 1 atom stereocenters. The molecule has 1 amide bonds. The second kappa shape index (κ2) is 9.12. The van der Waals surface area contributed by atoms with Crippen LogP contribution in [-0.4, -0.2) is 22.1 Å². The third-order valence-electron chi connectivity index (χ3n) is 4.41. The van der Waals surface area contributed by atoms with Crippen molar-refractivity contribution in [1.29, 1.82) is 0 Å². The van der Waals surface area contributed by atoms with Crippen LogP contribution in [0.2, 0.25) is 0 Å². The standard InChI is InChI=1S/C22H25N3O2/c1-3-7-16(2)23-20(26)14-15-21-24-22(25-27-21)19-12-10-18(11-13-19)17-8-5-4-6-9-17/h4-6,8-13,16H,3,7,14-15H2,1-2H3,(H,23,26). The maximum Gasteiger partial charge on any atom is 0.227 e. The highest BCUT2D eigenvalue weighted by Gasteiger charge is 2.12. The molecule has 1 heterocycles. The SMILES string of the molecule is CCCC(C)NC(=O)CCc1nc(-c2ccc(-c3ccccc3)cc2)no1. The van der Waals surface area contributed by atoms with Crippen molar-refractivity contribution >= 4 is 5.91 Å². The molecule has 0 aliphatic heterocycles. The van der Waals surface area contributed by atoms with Gasteiger partial charge in [-0.2, -0.15) is 4.98 Å². The highest BCUT2D eigenvalue weighted by Crippen LogP contribution is 2.23. The van der Waals surface area contributed by atoms with E-state index in [9.17, 15) is 4.79 Å². The van der Waals surface area contributed by atoms with Gasteiger partial charge in [-0.25, -0.2) is 0 Å². The molecule has 0 saturated carbocycles. The van der Waals surface area contributed by atoms with Gasteiger partial charge < -0.3 is 9.84 Å². The summed E-state index contributed by atoms with van der Waals surface area (Å²) in [5.74, 6) is 1.04. The molecule has 1 unspecified atom stereocenters. The smallest absolute Gasteiger partial charge is 0.227 e. The van der Waals surface area contributed by atoms with Gasteiger partial charge in [-0.1, -0.05) is 73.1 Å². The van der Waals surface area contributed by atoms with Crippen LogP contribution in [-0.2, 0) is 11.2 Å². The van der Waals surface area contributed by atoms with Gasteiger partial charge in [0.25, 0.3) is 0 Å². The van der Waals surface area contributed by atoms with E-state index in [2.05, 4.69) is 34.5 Å². The van der Waals surface area contributed by atoms with Crippen molar-refractivity contribution in [2.24, 2.45) is 0 Å². The van der Waals surface area contributed by atoms with Gasteiger partial charge in [0.15, 0.2) is 0 Å². The van der Waals surface area contributed by atoms with Crippen molar-refractivity contribution in [2.45, 2.75) is 45.6 Å². The first-order valence-corrected chi connectivity index (χ1v) is 9.43. The Morgan fingerprint density at radius 1 is 1.04 bits per heavy atom. The quantitative estimate of drug-likeness (QED) is 0.633. The van der Waals surface area contributed by atoms with Crippen LogP contribution in [0.4, 0.5) is 0 Å². The molecule has 3 rings (SSSR count). The maximum absolute atomic E-state index is 11.9. The molecule has 0 aliphatic carbocycles. The zero-order valence-electron chi connectivity index (χ0n) is 15.8. The van der Waals surface area contributed by atoms with Crippen LogP contribution >= 0.6 is 0 Å². The lowest BCUT2D eigenvalue weighted by Gasteiger charge is -2.11. The largest absolute Gasteiger partial charge is 0.354 e. The van der Waals surface area contributed by atoms with E-state index in [0.29, 0.717) is 24.6 Å². The number of hydrogen-bond donors (Lipinski definition) is 1. The lowest BCUT2D eigenvalue weighted by Crippen LogP contribution is -2.32. The van der Waals surface area contributed by atoms with Crippen molar-refractivity contribution in [3.05, 3.63) is 60.5 Å². The third-order valence-corrected chi connectivity index (χ3v) is 4.41. The summed E-state index contributed by atoms with van der Waals surface area (Å²) in [5.41, 5.74) is 3.20. The molecular weight excluding hydrogens is 338 g/mol. The Kier molecular flexibility index (Phi) is 6.36. The van der Waals surface area contributed by atoms with Crippen LogP contribution < -0.4 is 5.32 Å². The summed E-state index contributed by atoms with van der Waals surface area (Å²) in [7, 11) is 0. The molecule has 27 heavy (non-hydrogen) atoms. The molecule has 5 nitrogen and oxygen atoms in total. The van der Waals surface area contributed by atoms with Gasteiger partial charge in [-0.05, 0) is 24.5 Å². The average Bonchev–Trinajstić information content (AvgIpc) is 3.16. The van der Waals surface area contributed by atoms with E-state index in [4.69, 9.17) is 4.52 Å². The number of nitrogens with one attached hydrogen (secondary N) is 1. The Hall–Kier alpha value is -2.95. The van der Waals surface area contributed by atoms with Gasteiger partial charge in [0.2, 0.25) is 17.6 Å². The summed E-state index contributed by atoms with van der Waals surface area (Å²) in [6.07, 6.45) is 2.83. The number of carbonyl (C=O) groups excluding carboxylic acids is 1. The molecule has 0 saturated heterocycles. The molecule has 5 heteroatoms. The molecule has 0 bridgehead atoms. The van der Waals surface area contributed by atoms with Gasteiger partial charge in [-0.15, -0.1) is 0 Å². The Morgan fingerprint density at radius 3 is 2.41 bits per heavy atom. The number of aryl methyl sites for hydroxylation is 1. The van der Waals surface area contributed by atoms with Gasteiger partial charge in [0.05, 0.1) is 0 Å². The minimum atomic E-state index is 0.0166. The molecule has 0 fully saturated rings. The first kappa shape index (κ1) is 18.8. The van der Waals surface area contributed by atoms with E-state index >= 15 is 0 Å². The molecule has 140 valence electrons. The minimum Gasteiger partial charge on any atom is -0.354 e. The summed E-state index contributed by atoms with van der Waals surface area (Å²) in [6.45, 7) is 4.13. The predicted molar refractivity (Wildman–Crippen MR) is 106 cm³/mol. The summed E-state index contributed by atoms with van der Waals surface area (Å²) in [5, 5.41) is 7.02. The second-order valence-electron chi connectivity index (χ2n) is 6.71. The number of nitrogens with zero attached hydrogens (tertiary/aromatic N) is 2. The van der Waals surface area contributed by atoms with E-state index in [1.165, 1.54) is 5.56 Å².